The minimum atomic E-state index is -0.156. The SMILES string of the molecule is CCCNC(C)(CO)CCCN1CC(OC)C(OC)C1. The number of nitrogens with zero attached hydrogens (tertiary/aromatic N) is 1. The summed E-state index contributed by atoms with van der Waals surface area (Å²) >= 11 is 0. The molecule has 20 heavy (non-hydrogen) atoms. The zero-order valence-electron chi connectivity index (χ0n) is 13.5. The van der Waals surface area contributed by atoms with Crippen LogP contribution in [0.5, 0.6) is 0 Å². The first kappa shape index (κ1) is 17.9. The van der Waals surface area contributed by atoms with Gasteiger partial charge in [-0.05, 0) is 39.3 Å². The number of hydrogen-bond acceptors (Lipinski definition) is 5. The Bertz CT molecular complexity index is 254. The van der Waals surface area contributed by atoms with Gasteiger partial charge in [0.05, 0.1) is 18.8 Å². The van der Waals surface area contributed by atoms with Crippen LogP contribution in [-0.2, 0) is 9.47 Å². The molecule has 5 heteroatoms. The zero-order chi connectivity index (χ0) is 15.0. The number of nitrogens with one attached hydrogen (secondary N) is 1. The van der Waals surface area contributed by atoms with Gasteiger partial charge < -0.3 is 19.9 Å². The summed E-state index contributed by atoms with van der Waals surface area (Å²) in [5, 5.41) is 13.0. The summed E-state index contributed by atoms with van der Waals surface area (Å²) in [5.41, 5.74) is -0.156. The Morgan fingerprint density at radius 3 is 2.30 bits per heavy atom. The summed E-state index contributed by atoms with van der Waals surface area (Å²) in [4.78, 5) is 2.39. The summed E-state index contributed by atoms with van der Waals surface area (Å²) in [6, 6.07) is 0. The van der Waals surface area contributed by atoms with Gasteiger partial charge in [0, 0.05) is 32.8 Å². The minimum absolute atomic E-state index is 0.156. The van der Waals surface area contributed by atoms with Crippen molar-refractivity contribution in [2.24, 2.45) is 0 Å². The highest BCUT2D eigenvalue weighted by molar-refractivity contribution is 4.87. The van der Waals surface area contributed by atoms with Crippen molar-refractivity contribution in [1.82, 2.24) is 10.2 Å². The molecule has 1 heterocycles. The van der Waals surface area contributed by atoms with Gasteiger partial charge in [0.2, 0.25) is 0 Å². The molecule has 1 aliphatic rings. The van der Waals surface area contributed by atoms with Crippen LogP contribution in [0.1, 0.15) is 33.1 Å². The first-order valence-electron chi connectivity index (χ1n) is 7.72. The lowest BCUT2D eigenvalue weighted by Crippen LogP contribution is -2.46. The summed E-state index contributed by atoms with van der Waals surface area (Å²) in [7, 11) is 3.50. The Morgan fingerprint density at radius 1 is 1.25 bits per heavy atom. The van der Waals surface area contributed by atoms with E-state index in [1.807, 2.05) is 0 Å². The minimum Gasteiger partial charge on any atom is -0.394 e. The van der Waals surface area contributed by atoms with Crippen molar-refractivity contribution < 1.29 is 14.6 Å². The summed E-state index contributed by atoms with van der Waals surface area (Å²) in [5.74, 6) is 0. The van der Waals surface area contributed by atoms with Gasteiger partial charge in [-0.25, -0.2) is 0 Å². The lowest BCUT2D eigenvalue weighted by molar-refractivity contribution is -0.00461. The largest absolute Gasteiger partial charge is 0.394 e. The van der Waals surface area contributed by atoms with Crippen LogP contribution in [0.15, 0.2) is 0 Å². The van der Waals surface area contributed by atoms with Crippen molar-refractivity contribution in [3.05, 3.63) is 0 Å². The first-order valence-corrected chi connectivity index (χ1v) is 7.72. The van der Waals surface area contributed by atoms with Gasteiger partial charge >= 0.3 is 0 Å². The van der Waals surface area contributed by atoms with Gasteiger partial charge in [-0.1, -0.05) is 6.92 Å². The van der Waals surface area contributed by atoms with Gasteiger partial charge in [-0.3, -0.25) is 4.90 Å². The second kappa shape index (κ2) is 8.95. The van der Waals surface area contributed by atoms with Gasteiger partial charge in [-0.15, -0.1) is 0 Å². The Labute approximate surface area is 123 Å². The molecule has 3 atom stereocenters. The van der Waals surface area contributed by atoms with Gasteiger partial charge in [0.25, 0.3) is 0 Å². The molecular weight excluding hydrogens is 256 g/mol. The van der Waals surface area contributed by atoms with Crippen molar-refractivity contribution >= 4 is 0 Å². The normalized spacial score (nSPS) is 26.9. The molecule has 120 valence electrons. The molecule has 0 spiro atoms. The van der Waals surface area contributed by atoms with Crippen LogP contribution >= 0.6 is 0 Å². The molecule has 0 radical (unpaired) electrons. The standard InChI is InChI=1S/C15H32N2O3/c1-5-8-16-15(2,12-18)7-6-9-17-10-13(19-3)14(11-17)20-4/h13-14,16,18H,5-12H2,1-4H3. The number of methoxy groups -OCH3 is 2. The molecule has 5 nitrogen and oxygen atoms in total. The fraction of sp³-hybridized carbons (Fsp3) is 1.00. The third-order valence-electron chi connectivity index (χ3n) is 4.25. The first-order chi connectivity index (χ1) is 9.58. The summed E-state index contributed by atoms with van der Waals surface area (Å²) in [6.07, 6.45) is 3.51. The molecule has 0 bridgehead atoms. The van der Waals surface area contributed by atoms with Crippen LogP contribution in [-0.4, -0.2) is 74.8 Å². The molecule has 3 unspecified atom stereocenters. The molecule has 1 saturated heterocycles. The average molecular weight is 288 g/mol. The third kappa shape index (κ3) is 5.30. The molecule has 0 saturated carbocycles. The number of rotatable bonds is 10. The van der Waals surface area contributed by atoms with E-state index in [-0.39, 0.29) is 24.4 Å². The van der Waals surface area contributed by atoms with E-state index in [2.05, 4.69) is 24.1 Å². The molecule has 0 aromatic carbocycles. The number of hydrogen-bond donors (Lipinski definition) is 2. The van der Waals surface area contributed by atoms with Crippen LogP contribution < -0.4 is 5.32 Å². The number of aliphatic hydroxyl groups is 1. The molecule has 2 N–H and O–H groups in total. The third-order valence-corrected chi connectivity index (χ3v) is 4.25. The maximum absolute atomic E-state index is 9.55. The van der Waals surface area contributed by atoms with E-state index < -0.39 is 0 Å². The fourth-order valence-corrected chi connectivity index (χ4v) is 2.80. The quantitative estimate of drug-likeness (QED) is 0.624. The van der Waals surface area contributed by atoms with E-state index in [1.165, 1.54) is 0 Å². The number of ether oxygens (including phenoxy) is 2. The second-order valence-electron chi connectivity index (χ2n) is 6.06. The second-order valence-corrected chi connectivity index (χ2v) is 6.06. The Balaban J connectivity index is 2.29. The molecule has 1 rings (SSSR count). The summed E-state index contributed by atoms with van der Waals surface area (Å²) in [6.45, 7) is 8.30. The van der Waals surface area contributed by atoms with Crippen LogP contribution in [0.2, 0.25) is 0 Å². The average Bonchev–Trinajstić information content (AvgIpc) is 2.87. The van der Waals surface area contributed by atoms with Crippen molar-refractivity contribution in [3.63, 3.8) is 0 Å². The van der Waals surface area contributed by atoms with E-state index in [4.69, 9.17) is 9.47 Å². The lowest BCUT2D eigenvalue weighted by atomic mass is 9.96. The summed E-state index contributed by atoms with van der Waals surface area (Å²) < 4.78 is 10.9. The lowest BCUT2D eigenvalue weighted by Gasteiger charge is -2.29. The van der Waals surface area contributed by atoms with Crippen LogP contribution in [0, 0.1) is 0 Å². The fourth-order valence-electron chi connectivity index (χ4n) is 2.80. The van der Waals surface area contributed by atoms with E-state index in [1.54, 1.807) is 14.2 Å². The van der Waals surface area contributed by atoms with Crippen molar-refractivity contribution in [3.8, 4) is 0 Å². The van der Waals surface area contributed by atoms with Crippen molar-refractivity contribution in [2.75, 3.05) is 47.0 Å². The van der Waals surface area contributed by atoms with E-state index in [0.717, 1.165) is 45.4 Å². The van der Waals surface area contributed by atoms with Crippen LogP contribution in [0.4, 0.5) is 0 Å². The Morgan fingerprint density at radius 2 is 1.85 bits per heavy atom. The Kier molecular flexibility index (Phi) is 7.99. The van der Waals surface area contributed by atoms with E-state index in [9.17, 15) is 5.11 Å². The highest BCUT2D eigenvalue weighted by atomic mass is 16.5. The molecule has 0 aromatic rings. The van der Waals surface area contributed by atoms with Gasteiger partial charge in [-0.2, -0.15) is 0 Å². The maximum Gasteiger partial charge on any atom is 0.0971 e. The molecule has 1 fully saturated rings. The molecule has 1 aliphatic heterocycles. The number of likely N-dealkylation sites (tertiary alicyclic amines) is 1. The van der Waals surface area contributed by atoms with Crippen LogP contribution in [0.3, 0.4) is 0 Å². The monoisotopic (exact) mass is 288 g/mol. The smallest absolute Gasteiger partial charge is 0.0971 e. The van der Waals surface area contributed by atoms with Crippen molar-refractivity contribution in [2.45, 2.75) is 50.9 Å². The molecular formula is C15H32N2O3. The van der Waals surface area contributed by atoms with Gasteiger partial charge in [0.15, 0.2) is 0 Å². The van der Waals surface area contributed by atoms with E-state index >= 15 is 0 Å². The number of aliphatic hydroxyl groups excluding tert-OH is 1. The van der Waals surface area contributed by atoms with Gasteiger partial charge in [0.1, 0.15) is 0 Å². The Hall–Kier alpha value is -0.200. The topological polar surface area (TPSA) is 54.0 Å². The van der Waals surface area contributed by atoms with Crippen LogP contribution in [0.25, 0.3) is 0 Å². The zero-order valence-corrected chi connectivity index (χ0v) is 13.5. The van der Waals surface area contributed by atoms with E-state index in [0.29, 0.717) is 0 Å². The highest BCUT2D eigenvalue weighted by Crippen LogP contribution is 2.18. The predicted octanol–water partition coefficient (Wildman–Crippen LogP) is 0.863. The molecule has 0 aromatic heterocycles. The highest BCUT2D eigenvalue weighted by Gasteiger charge is 2.32. The predicted molar refractivity (Wildman–Crippen MR) is 81.1 cm³/mol. The maximum atomic E-state index is 9.55. The molecule has 0 aliphatic carbocycles. The molecule has 0 amide bonds. The van der Waals surface area contributed by atoms with Crippen molar-refractivity contribution in [1.29, 1.82) is 0 Å².